The number of hydrogen-bond donors (Lipinski definition) is 1. The van der Waals surface area contributed by atoms with Crippen LogP contribution < -0.4 is 5.32 Å². The first kappa shape index (κ1) is 9.52. The van der Waals surface area contributed by atoms with Crippen LogP contribution in [-0.4, -0.2) is 6.04 Å². The van der Waals surface area contributed by atoms with Crippen molar-refractivity contribution in [2.24, 2.45) is 0 Å². The number of anilines is 1. The third-order valence-corrected chi connectivity index (χ3v) is 2.03. The van der Waals surface area contributed by atoms with Gasteiger partial charge in [-0.2, -0.15) is 0 Å². The molecule has 0 atom stereocenters. The lowest BCUT2D eigenvalue weighted by Gasteiger charge is -2.11. The Kier molecular flexibility index (Phi) is 3.09. The van der Waals surface area contributed by atoms with Gasteiger partial charge < -0.3 is 5.32 Å². The molecule has 0 saturated heterocycles. The number of nitrogens with one attached hydrogen (secondary N) is 1. The number of hydrogen-bond acceptors (Lipinski definition) is 1. The van der Waals surface area contributed by atoms with Crippen LogP contribution in [0.1, 0.15) is 13.8 Å². The van der Waals surface area contributed by atoms with Gasteiger partial charge in [-0.15, -0.1) is 0 Å². The molecule has 0 aliphatic rings. The highest BCUT2D eigenvalue weighted by Gasteiger charge is 2.01. The van der Waals surface area contributed by atoms with Crippen molar-refractivity contribution in [1.82, 2.24) is 0 Å². The van der Waals surface area contributed by atoms with Gasteiger partial charge in [-0.25, -0.2) is 4.39 Å². The van der Waals surface area contributed by atoms with Crippen LogP contribution in [-0.2, 0) is 0 Å². The van der Waals surface area contributed by atoms with Gasteiger partial charge >= 0.3 is 0 Å². The van der Waals surface area contributed by atoms with Gasteiger partial charge in [-0.1, -0.05) is 0 Å². The molecule has 12 heavy (non-hydrogen) atoms. The van der Waals surface area contributed by atoms with Crippen LogP contribution in [0.25, 0.3) is 0 Å². The third kappa shape index (κ3) is 2.48. The van der Waals surface area contributed by atoms with Crippen LogP contribution in [0.5, 0.6) is 0 Å². The maximum atomic E-state index is 12.6. The Morgan fingerprint density at radius 1 is 1.42 bits per heavy atom. The van der Waals surface area contributed by atoms with Gasteiger partial charge in [0.05, 0.1) is 0 Å². The summed E-state index contributed by atoms with van der Waals surface area (Å²) >= 11 is 3.27. The summed E-state index contributed by atoms with van der Waals surface area (Å²) in [6.45, 7) is 4.07. The third-order valence-electron chi connectivity index (χ3n) is 1.38. The molecule has 0 unspecified atom stereocenters. The summed E-state index contributed by atoms with van der Waals surface area (Å²) in [6, 6.07) is 4.96. The van der Waals surface area contributed by atoms with Crippen molar-refractivity contribution in [2.45, 2.75) is 19.9 Å². The fourth-order valence-electron chi connectivity index (χ4n) is 0.918. The molecule has 0 bridgehead atoms. The van der Waals surface area contributed by atoms with Crippen molar-refractivity contribution in [3.8, 4) is 0 Å². The van der Waals surface area contributed by atoms with Gasteiger partial charge in [0.15, 0.2) is 0 Å². The summed E-state index contributed by atoms with van der Waals surface area (Å²) in [4.78, 5) is 0. The van der Waals surface area contributed by atoms with Crippen LogP contribution in [0.3, 0.4) is 0 Å². The van der Waals surface area contributed by atoms with Crippen molar-refractivity contribution >= 4 is 21.6 Å². The van der Waals surface area contributed by atoms with Crippen molar-refractivity contribution in [1.29, 1.82) is 0 Å². The van der Waals surface area contributed by atoms with Gasteiger partial charge in [0.25, 0.3) is 0 Å². The fourth-order valence-corrected chi connectivity index (χ4v) is 1.38. The molecular weight excluding hydrogens is 221 g/mol. The van der Waals surface area contributed by atoms with E-state index in [0.29, 0.717) is 6.04 Å². The summed E-state index contributed by atoms with van der Waals surface area (Å²) in [5, 5.41) is 3.19. The Morgan fingerprint density at radius 3 is 2.58 bits per heavy atom. The topological polar surface area (TPSA) is 12.0 Å². The summed E-state index contributed by atoms with van der Waals surface area (Å²) in [6.07, 6.45) is 0. The number of rotatable bonds is 2. The SMILES string of the molecule is CC(C)Nc1ccc(F)cc1Br. The average molecular weight is 232 g/mol. The van der Waals surface area contributed by atoms with E-state index < -0.39 is 0 Å². The molecule has 0 fully saturated rings. The lowest BCUT2D eigenvalue weighted by Crippen LogP contribution is -2.09. The highest BCUT2D eigenvalue weighted by molar-refractivity contribution is 9.10. The molecule has 1 N–H and O–H groups in total. The molecule has 0 spiro atoms. The van der Waals surface area contributed by atoms with E-state index in [2.05, 4.69) is 21.2 Å². The maximum Gasteiger partial charge on any atom is 0.124 e. The predicted molar refractivity (Wildman–Crippen MR) is 52.9 cm³/mol. The smallest absolute Gasteiger partial charge is 0.124 e. The molecule has 0 amide bonds. The highest BCUT2D eigenvalue weighted by Crippen LogP contribution is 2.23. The largest absolute Gasteiger partial charge is 0.382 e. The molecule has 0 aromatic heterocycles. The van der Waals surface area contributed by atoms with E-state index >= 15 is 0 Å². The molecule has 1 aromatic rings. The van der Waals surface area contributed by atoms with E-state index in [9.17, 15) is 4.39 Å². The van der Waals surface area contributed by atoms with Gasteiger partial charge in [0, 0.05) is 16.2 Å². The molecule has 0 heterocycles. The minimum Gasteiger partial charge on any atom is -0.382 e. The zero-order valence-corrected chi connectivity index (χ0v) is 8.65. The Hall–Kier alpha value is -0.570. The van der Waals surface area contributed by atoms with Crippen LogP contribution >= 0.6 is 15.9 Å². The molecular formula is C9H11BrFN. The second kappa shape index (κ2) is 3.90. The van der Waals surface area contributed by atoms with Gasteiger partial charge in [0.1, 0.15) is 5.82 Å². The standard InChI is InChI=1S/C9H11BrFN/c1-6(2)12-9-4-3-7(11)5-8(9)10/h3-6,12H,1-2H3. The Bertz CT molecular complexity index is 273. The van der Waals surface area contributed by atoms with E-state index in [-0.39, 0.29) is 5.82 Å². The Balaban J connectivity index is 2.86. The minimum atomic E-state index is -0.226. The molecule has 0 aliphatic carbocycles. The molecule has 1 aromatic carbocycles. The number of benzene rings is 1. The van der Waals surface area contributed by atoms with Crippen LogP contribution in [0.15, 0.2) is 22.7 Å². The van der Waals surface area contributed by atoms with E-state index in [1.807, 2.05) is 13.8 Å². The van der Waals surface area contributed by atoms with Gasteiger partial charge in [-0.05, 0) is 48.0 Å². The van der Waals surface area contributed by atoms with E-state index in [1.165, 1.54) is 12.1 Å². The molecule has 66 valence electrons. The van der Waals surface area contributed by atoms with Crippen LogP contribution in [0.2, 0.25) is 0 Å². The molecule has 1 nitrogen and oxygen atoms in total. The zero-order valence-electron chi connectivity index (χ0n) is 7.07. The highest BCUT2D eigenvalue weighted by atomic mass is 79.9. The Morgan fingerprint density at radius 2 is 2.08 bits per heavy atom. The van der Waals surface area contributed by atoms with Crippen molar-refractivity contribution in [2.75, 3.05) is 5.32 Å². The minimum absolute atomic E-state index is 0.226. The lowest BCUT2D eigenvalue weighted by molar-refractivity contribution is 0.627. The van der Waals surface area contributed by atoms with Gasteiger partial charge in [-0.3, -0.25) is 0 Å². The second-order valence-electron chi connectivity index (χ2n) is 2.92. The van der Waals surface area contributed by atoms with Crippen LogP contribution in [0, 0.1) is 5.82 Å². The Labute approximate surface area is 80.1 Å². The van der Waals surface area contributed by atoms with E-state index in [1.54, 1.807) is 6.07 Å². The monoisotopic (exact) mass is 231 g/mol. The molecule has 0 saturated carbocycles. The molecule has 1 rings (SSSR count). The van der Waals surface area contributed by atoms with E-state index in [0.717, 1.165) is 10.2 Å². The van der Waals surface area contributed by atoms with Crippen molar-refractivity contribution in [3.63, 3.8) is 0 Å². The first-order valence-corrected chi connectivity index (χ1v) is 4.60. The molecule has 0 radical (unpaired) electrons. The summed E-state index contributed by atoms with van der Waals surface area (Å²) < 4.78 is 13.4. The van der Waals surface area contributed by atoms with Crippen molar-refractivity contribution < 1.29 is 4.39 Å². The summed E-state index contributed by atoms with van der Waals surface area (Å²) in [7, 11) is 0. The summed E-state index contributed by atoms with van der Waals surface area (Å²) in [5.41, 5.74) is 0.923. The lowest BCUT2D eigenvalue weighted by atomic mass is 10.3. The fraction of sp³-hybridized carbons (Fsp3) is 0.333. The molecule has 3 heteroatoms. The predicted octanol–water partition coefficient (Wildman–Crippen LogP) is 3.41. The van der Waals surface area contributed by atoms with Crippen LogP contribution in [0.4, 0.5) is 10.1 Å². The summed E-state index contributed by atoms with van der Waals surface area (Å²) in [5.74, 6) is -0.226. The van der Waals surface area contributed by atoms with E-state index in [4.69, 9.17) is 0 Å². The first-order valence-electron chi connectivity index (χ1n) is 3.81. The second-order valence-corrected chi connectivity index (χ2v) is 3.78. The average Bonchev–Trinajstić information content (AvgIpc) is 1.94. The molecule has 0 aliphatic heterocycles. The number of halogens is 2. The van der Waals surface area contributed by atoms with Gasteiger partial charge in [0.2, 0.25) is 0 Å². The van der Waals surface area contributed by atoms with Crippen molar-refractivity contribution in [3.05, 3.63) is 28.5 Å². The zero-order chi connectivity index (χ0) is 9.14. The first-order chi connectivity index (χ1) is 5.59. The quantitative estimate of drug-likeness (QED) is 0.823. The normalized spacial score (nSPS) is 10.4. The maximum absolute atomic E-state index is 12.6.